The molecule has 0 spiro atoms. The van der Waals surface area contributed by atoms with E-state index in [2.05, 4.69) is 10.6 Å². The highest BCUT2D eigenvalue weighted by Crippen LogP contribution is 2.24. The molecule has 1 fully saturated rings. The number of ether oxygens (including phenoxy) is 1. The van der Waals surface area contributed by atoms with E-state index in [-0.39, 0.29) is 37.6 Å². The minimum absolute atomic E-state index is 0.0309. The summed E-state index contributed by atoms with van der Waals surface area (Å²) >= 11 is 0. The van der Waals surface area contributed by atoms with Crippen LogP contribution in [0.1, 0.15) is 13.3 Å². The van der Waals surface area contributed by atoms with E-state index in [1.165, 1.54) is 0 Å². The number of nitrogens with zero attached hydrogens (tertiary/aromatic N) is 1. The molecule has 0 aliphatic carbocycles. The molecule has 7 nitrogen and oxygen atoms in total. The van der Waals surface area contributed by atoms with Crippen molar-refractivity contribution in [2.75, 3.05) is 31.2 Å². The van der Waals surface area contributed by atoms with Gasteiger partial charge in [0.25, 0.3) is 0 Å². The van der Waals surface area contributed by atoms with Crippen LogP contribution in [0.25, 0.3) is 0 Å². The average Bonchev–Trinajstić information content (AvgIpc) is 2.87. The van der Waals surface area contributed by atoms with Crippen LogP contribution in [0.4, 0.5) is 10.5 Å². The molecule has 1 atom stereocenters. The van der Waals surface area contributed by atoms with Crippen molar-refractivity contribution in [2.45, 2.75) is 19.4 Å². The predicted octanol–water partition coefficient (Wildman–Crippen LogP) is 0.482. The van der Waals surface area contributed by atoms with Gasteiger partial charge in [-0.15, -0.1) is 0 Å². The number of aliphatic hydroxyl groups excluding tert-OH is 1. The van der Waals surface area contributed by atoms with E-state index >= 15 is 0 Å². The van der Waals surface area contributed by atoms with Crippen LogP contribution in [0.15, 0.2) is 24.3 Å². The van der Waals surface area contributed by atoms with Gasteiger partial charge in [-0.3, -0.25) is 4.79 Å². The van der Waals surface area contributed by atoms with E-state index in [9.17, 15) is 9.59 Å². The van der Waals surface area contributed by atoms with Crippen molar-refractivity contribution in [1.82, 2.24) is 10.6 Å². The number of carbonyl (C=O) groups is 2. The summed E-state index contributed by atoms with van der Waals surface area (Å²) in [6.07, 6.45) is 0.264. The molecule has 1 saturated heterocycles. The molecule has 0 radical (unpaired) electrons. The number of hydrogen-bond acceptors (Lipinski definition) is 4. The van der Waals surface area contributed by atoms with Crippen LogP contribution in [0.3, 0.4) is 0 Å². The third-order valence-corrected chi connectivity index (χ3v) is 3.32. The summed E-state index contributed by atoms with van der Waals surface area (Å²) in [6.45, 7) is 3.01. The lowest BCUT2D eigenvalue weighted by atomic mass is 10.2. The van der Waals surface area contributed by atoms with Crippen LogP contribution in [-0.2, 0) is 4.79 Å². The number of hydrogen-bond donors (Lipinski definition) is 3. The Morgan fingerprint density at radius 1 is 1.41 bits per heavy atom. The fourth-order valence-electron chi connectivity index (χ4n) is 2.35. The molecule has 22 heavy (non-hydrogen) atoms. The lowest BCUT2D eigenvalue weighted by Gasteiger charge is -2.17. The quantitative estimate of drug-likeness (QED) is 0.713. The lowest BCUT2D eigenvalue weighted by Crippen LogP contribution is -2.44. The first-order valence-corrected chi connectivity index (χ1v) is 7.32. The Kier molecular flexibility index (Phi) is 5.60. The lowest BCUT2D eigenvalue weighted by molar-refractivity contribution is -0.117. The highest BCUT2D eigenvalue weighted by Gasteiger charge is 2.31. The van der Waals surface area contributed by atoms with E-state index < -0.39 is 0 Å². The average molecular weight is 307 g/mol. The van der Waals surface area contributed by atoms with Crippen LogP contribution in [0, 0.1) is 0 Å². The Balaban J connectivity index is 1.93. The van der Waals surface area contributed by atoms with Gasteiger partial charge in [-0.2, -0.15) is 0 Å². The maximum atomic E-state index is 12.1. The summed E-state index contributed by atoms with van der Waals surface area (Å²) in [5, 5.41) is 13.9. The number of anilines is 1. The third-order valence-electron chi connectivity index (χ3n) is 3.32. The maximum Gasteiger partial charge on any atom is 0.315 e. The van der Waals surface area contributed by atoms with Gasteiger partial charge in [-0.1, -0.05) is 0 Å². The number of rotatable bonds is 6. The van der Waals surface area contributed by atoms with E-state index in [1.54, 1.807) is 4.90 Å². The second kappa shape index (κ2) is 7.65. The number of aliphatic hydroxyl groups is 1. The molecular formula is C15H21N3O4. The zero-order valence-corrected chi connectivity index (χ0v) is 12.5. The molecular weight excluding hydrogens is 286 g/mol. The summed E-state index contributed by atoms with van der Waals surface area (Å²) in [5.74, 6) is 0.729. The van der Waals surface area contributed by atoms with Crippen LogP contribution in [-0.4, -0.2) is 49.4 Å². The normalized spacial score (nSPS) is 17.5. The molecule has 2 rings (SSSR count). The molecule has 3 N–H and O–H groups in total. The van der Waals surface area contributed by atoms with Crippen LogP contribution < -0.4 is 20.3 Å². The summed E-state index contributed by atoms with van der Waals surface area (Å²) in [7, 11) is 0. The Labute approximate surface area is 129 Å². The molecule has 0 aromatic heterocycles. The number of amides is 3. The second-order valence-electron chi connectivity index (χ2n) is 4.96. The van der Waals surface area contributed by atoms with Crippen molar-refractivity contribution in [3.05, 3.63) is 24.3 Å². The fraction of sp³-hybridized carbons (Fsp3) is 0.467. The van der Waals surface area contributed by atoms with Gasteiger partial charge in [0.1, 0.15) is 5.75 Å². The molecule has 0 saturated carbocycles. The number of nitrogens with one attached hydrogen (secondary N) is 2. The molecule has 1 aliphatic rings. The minimum atomic E-state index is -0.375. The Morgan fingerprint density at radius 2 is 2.14 bits per heavy atom. The summed E-state index contributed by atoms with van der Waals surface area (Å²) in [4.78, 5) is 25.3. The van der Waals surface area contributed by atoms with Crippen molar-refractivity contribution in [3.63, 3.8) is 0 Å². The van der Waals surface area contributed by atoms with Gasteiger partial charge in [0, 0.05) is 25.2 Å². The second-order valence-corrected chi connectivity index (χ2v) is 4.96. The van der Waals surface area contributed by atoms with Crippen LogP contribution >= 0.6 is 0 Å². The highest BCUT2D eigenvalue weighted by molar-refractivity contribution is 5.96. The number of carbonyl (C=O) groups excluding carboxylic acids is 2. The SMILES string of the molecule is CCOc1ccc(N2C[C@H](NC(=O)NCCO)CC2=O)cc1. The summed E-state index contributed by atoms with van der Waals surface area (Å²) < 4.78 is 5.37. The topological polar surface area (TPSA) is 90.9 Å². The summed E-state index contributed by atoms with van der Waals surface area (Å²) in [6, 6.07) is 6.69. The maximum absolute atomic E-state index is 12.1. The smallest absolute Gasteiger partial charge is 0.315 e. The molecule has 1 aliphatic heterocycles. The number of benzene rings is 1. The van der Waals surface area contributed by atoms with Gasteiger partial charge in [-0.25, -0.2) is 4.79 Å². The van der Waals surface area contributed by atoms with Crippen molar-refractivity contribution >= 4 is 17.6 Å². The molecule has 1 heterocycles. The van der Waals surface area contributed by atoms with Crippen LogP contribution in [0.2, 0.25) is 0 Å². The molecule has 1 aromatic carbocycles. The van der Waals surface area contributed by atoms with Crippen LogP contribution in [0.5, 0.6) is 5.75 Å². The van der Waals surface area contributed by atoms with Crippen molar-refractivity contribution in [1.29, 1.82) is 0 Å². The summed E-state index contributed by atoms with van der Waals surface area (Å²) in [5.41, 5.74) is 0.786. The van der Waals surface area contributed by atoms with Gasteiger partial charge < -0.3 is 25.4 Å². The Hall–Kier alpha value is -2.28. The van der Waals surface area contributed by atoms with Gasteiger partial charge in [-0.05, 0) is 31.2 Å². The Bertz CT molecular complexity index is 518. The standard InChI is InChI=1S/C15H21N3O4/c1-2-22-13-5-3-12(4-6-13)18-10-11(9-14(18)20)17-15(21)16-7-8-19/h3-6,11,19H,2,7-10H2,1H3,(H2,16,17,21)/t11-/m1/s1. The first-order valence-electron chi connectivity index (χ1n) is 7.32. The zero-order chi connectivity index (χ0) is 15.9. The first-order chi connectivity index (χ1) is 10.6. The van der Waals surface area contributed by atoms with Crippen molar-refractivity contribution in [3.8, 4) is 5.75 Å². The molecule has 1 aromatic rings. The minimum Gasteiger partial charge on any atom is -0.494 e. The fourth-order valence-corrected chi connectivity index (χ4v) is 2.35. The largest absolute Gasteiger partial charge is 0.494 e. The van der Waals surface area contributed by atoms with Crippen molar-refractivity contribution < 1.29 is 19.4 Å². The Morgan fingerprint density at radius 3 is 2.77 bits per heavy atom. The van der Waals surface area contributed by atoms with Crippen molar-refractivity contribution in [2.24, 2.45) is 0 Å². The van der Waals surface area contributed by atoms with E-state index in [1.807, 2.05) is 31.2 Å². The van der Waals surface area contributed by atoms with Gasteiger partial charge in [0.05, 0.1) is 19.3 Å². The predicted molar refractivity (Wildman–Crippen MR) is 82.0 cm³/mol. The molecule has 0 unspecified atom stereocenters. The third kappa shape index (κ3) is 4.11. The van der Waals surface area contributed by atoms with E-state index in [4.69, 9.17) is 9.84 Å². The monoisotopic (exact) mass is 307 g/mol. The van der Waals surface area contributed by atoms with Gasteiger partial charge in [0.2, 0.25) is 5.91 Å². The first kappa shape index (κ1) is 16.1. The zero-order valence-electron chi connectivity index (χ0n) is 12.5. The molecule has 120 valence electrons. The molecule has 3 amide bonds. The van der Waals surface area contributed by atoms with Gasteiger partial charge >= 0.3 is 6.03 Å². The molecule has 7 heteroatoms. The van der Waals surface area contributed by atoms with E-state index in [0.717, 1.165) is 11.4 Å². The molecule has 0 bridgehead atoms. The highest BCUT2D eigenvalue weighted by atomic mass is 16.5. The number of urea groups is 1. The van der Waals surface area contributed by atoms with Gasteiger partial charge in [0.15, 0.2) is 0 Å². The van der Waals surface area contributed by atoms with E-state index in [0.29, 0.717) is 13.2 Å².